The van der Waals surface area contributed by atoms with E-state index in [0.29, 0.717) is 12.4 Å². The number of oxazole rings is 1. The molecule has 1 aromatic carbocycles. The number of nitrogens with zero attached hydrogens (tertiary/aromatic N) is 2. The summed E-state index contributed by atoms with van der Waals surface area (Å²) in [7, 11) is 0. The maximum atomic E-state index is 5.60. The number of hydrogen-bond donors (Lipinski definition) is 2. The molecule has 2 heterocycles. The van der Waals surface area contributed by atoms with Crippen molar-refractivity contribution in [3.05, 3.63) is 53.4 Å². The lowest BCUT2D eigenvalue weighted by Gasteiger charge is -2.15. The van der Waals surface area contributed by atoms with E-state index >= 15 is 0 Å². The predicted octanol–water partition coefficient (Wildman–Crippen LogP) is 3.44. The van der Waals surface area contributed by atoms with Gasteiger partial charge in [-0.25, -0.2) is 9.98 Å². The summed E-state index contributed by atoms with van der Waals surface area (Å²) in [6.07, 6.45) is 5.89. The second-order valence-corrected chi connectivity index (χ2v) is 6.57. The number of aliphatic imine (C=N–C) groups is 1. The van der Waals surface area contributed by atoms with Crippen LogP contribution in [0.5, 0.6) is 0 Å². The highest BCUT2D eigenvalue weighted by molar-refractivity contribution is 5.79. The minimum Gasteiger partial charge on any atom is -0.444 e. The molecule has 1 aromatic heterocycles. The van der Waals surface area contributed by atoms with Gasteiger partial charge in [0, 0.05) is 18.7 Å². The summed E-state index contributed by atoms with van der Waals surface area (Å²) in [6.45, 7) is 7.83. The minimum absolute atomic E-state index is 0.473. The summed E-state index contributed by atoms with van der Waals surface area (Å²) in [4.78, 5) is 9.16. The lowest BCUT2D eigenvalue weighted by atomic mass is 10.1. The quantitative estimate of drug-likeness (QED) is 0.445. The Bertz CT molecular complexity index is 778. The molecule has 1 aliphatic heterocycles. The van der Waals surface area contributed by atoms with E-state index in [1.165, 1.54) is 11.1 Å². The Morgan fingerprint density at radius 3 is 2.81 bits per heavy atom. The number of guanidine groups is 1. The van der Waals surface area contributed by atoms with Crippen LogP contribution in [-0.2, 0) is 11.3 Å². The number of rotatable bonds is 7. The molecule has 0 atom stereocenters. The van der Waals surface area contributed by atoms with Gasteiger partial charge in [0.15, 0.2) is 5.96 Å². The van der Waals surface area contributed by atoms with Gasteiger partial charge in [0.2, 0.25) is 5.89 Å². The third-order valence-electron chi connectivity index (χ3n) is 4.39. The number of hydrogen-bond acceptors (Lipinski definition) is 4. The summed E-state index contributed by atoms with van der Waals surface area (Å²) in [5.74, 6) is 1.43. The normalized spacial score (nSPS) is 14.7. The molecule has 0 fully saturated rings. The molecule has 0 spiro atoms. The van der Waals surface area contributed by atoms with Crippen molar-refractivity contribution < 1.29 is 9.15 Å². The average molecular weight is 368 g/mol. The first-order valence-corrected chi connectivity index (χ1v) is 9.54. The number of aromatic nitrogens is 1. The van der Waals surface area contributed by atoms with Crippen molar-refractivity contribution in [2.45, 2.75) is 33.2 Å². The SMILES string of the molecule is CCNC(=NCc1coc(-c2ccc(C)cc2)n1)NCCC1=CCOCC1. The van der Waals surface area contributed by atoms with Crippen molar-refractivity contribution >= 4 is 5.96 Å². The van der Waals surface area contributed by atoms with Crippen LogP contribution in [0.25, 0.3) is 11.5 Å². The van der Waals surface area contributed by atoms with Crippen LogP contribution in [0.4, 0.5) is 0 Å². The molecule has 1 aliphatic rings. The van der Waals surface area contributed by atoms with Gasteiger partial charge < -0.3 is 19.8 Å². The van der Waals surface area contributed by atoms with Crippen LogP contribution in [0.2, 0.25) is 0 Å². The Kier molecular flexibility index (Phi) is 7.04. The summed E-state index contributed by atoms with van der Waals surface area (Å²) < 4.78 is 10.9. The zero-order valence-electron chi connectivity index (χ0n) is 16.1. The highest BCUT2D eigenvalue weighted by Gasteiger charge is 2.07. The number of aryl methyl sites for hydroxylation is 1. The van der Waals surface area contributed by atoms with Gasteiger partial charge in [0.05, 0.1) is 19.8 Å². The maximum Gasteiger partial charge on any atom is 0.226 e. The van der Waals surface area contributed by atoms with Crippen LogP contribution in [0.15, 0.2) is 51.6 Å². The van der Waals surface area contributed by atoms with Crippen molar-refractivity contribution in [2.75, 3.05) is 26.3 Å². The van der Waals surface area contributed by atoms with E-state index in [4.69, 9.17) is 9.15 Å². The fraction of sp³-hybridized carbons (Fsp3) is 0.429. The van der Waals surface area contributed by atoms with Gasteiger partial charge >= 0.3 is 0 Å². The van der Waals surface area contributed by atoms with E-state index in [2.05, 4.69) is 52.7 Å². The molecule has 0 bridgehead atoms. The Balaban J connectivity index is 1.54. The molecular weight excluding hydrogens is 340 g/mol. The Labute approximate surface area is 160 Å². The number of nitrogens with one attached hydrogen (secondary N) is 2. The fourth-order valence-corrected chi connectivity index (χ4v) is 2.84. The maximum absolute atomic E-state index is 5.60. The summed E-state index contributed by atoms with van der Waals surface area (Å²) in [5, 5.41) is 6.65. The molecule has 144 valence electrons. The van der Waals surface area contributed by atoms with Gasteiger partial charge in [-0.1, -0.05) is 29.3 Å². The largest absolute Gasteiger partial charge is 0.444 e. The first kappa shape index (κ1) is 19.2. The standard InChI is InChI=1S/C21H28N4O2/c1-3-22-21(23-11-8-17-9-12-26-13-10-17)24-14-19-15-27-20(25-19)18-6-4-16(2)5-7-18/h4-7,9,15H,3,8,10-14H2,1-2H3,(H2,22,23,24). The average Bonchev–Trinajstić information content (AvgIpc) is 3.16. The van der Waals surface area contributed by atoms with E-state index in [0.717, 1.165) is 56.4 Å². The summed E-state index contributed by atoms with van der Waals surface area (Å²) in [6, 6.07) is 8.15. The Morgan fingerprint density at radius 1 is 1.22 bits per heavy atom. The summed E-state index contributed by atoms with van der Waals surface area (Å²) >= 11 is 0. The molecule has 6 heteroatoms. The van der Waals surface area contributed by atoms with Gasteiger partial charge in [0.1, 0.15) is 12.0 Å². The monoisotopic (exact) mass is 368 g/mol. The second-order valence-electron chi connectivity index (χ2n) is 6.57. The molecule has 3 rings (SSSR count). The summed E-state index contributed by atoms with van der Waals surface area (Å²) in [5.41, 5.74) is 4.46. The zero-order chi connectivity index (χ0) is 18.9. The fourth-order valence-electron chi connectivity index (χ4n) is 2.84. The van der Waals surface area contributed by atoms with E-state index in [1.807, 2.05) is 12.1 Å². The molecule has 0 aliphatic carbocycles. The first-order valence-electron chi connectivity index (χ1n) is 9.54. The van der Waals surface area contributed by atoms with E-state index < -0.39 is 0 Å². The lowest BCUT2D eigenvalue weighted by Crippen LogP contribution is -2.38. The molecule has 2 N–H and O–H groups in total. The number of ether oxygens (including phenoxy) is 1. The Hall–Kier alpha value is -2.60. The van der Waals surface area contributed by atoms with Gasteiger partial charge in [0.25, 0.3) is 0 Å². The van der Waals surface area contributed by atoms with Crippen molar-refractivity contribution in [1.29, 1.82) is 0 Å². The zero-order valence-corrected chi connectivity index (χ0v) is 16.1. The third-order valence-corrected chi connectivity index (χ3v) is 4.39. The predicted molar refractivity (Wildman–Crippen MR) is 108 cm³/mol. The molecular formula is C21H28N4O2. The molecule has 2 aromatic rings. The van der Waals surface area contributed by atoms with Crippen molar-refractivity contribution in [2.24, 2.45) is 4.99 Å². The van der Waals surface area contributed by atoms with Crippen LogP contribution in [0, 0.1) is 6.92 Å². The van der Waals surface area contributed by atoms with E-state index in [-0.39, 0.29) is 0 Å². The molecule has 0 unspecified atom stereocenters. The second kappa shape index (κ2) is 9.92. The van der Waals surface area contributed by atoms with Crippen molar-refractivity contribution in [1.82, 2.24) is 15.6 Å². The third kappa shape index (κ3) is 5.96. The minimum atomic E-state index is 0.473. The molecule has 0 saturated heterocycles. The van der Waals surface area contributed by atoms with E-state index in [1.54, 1.807) is 6.26 Å². The topological polar surface area (TPSA) is 71.7 Å². The highest BCUT2D eigenvalue weighted by Crippen LogP contribution is 2.19. The number of benzene rings is 1. The molecule has 0 amide bonds. The molecule has 27 heavy (non-hydrogen) atoms. The van der Waals surface area contributed by atoms with Crippen molar-refractivity contribution in [3.8, 4) is 11.5 Å². The van der Waals surface area contributed by atoms with Crippen LogP contribution >= 0.6 is 0 Å². The van der Waals surface area contributed by atoms with Crippen LogP contribution < -0.4 is 10.6 Å². The molecule has 0 saturated carbocycles. The highest BCUT2D eigenvalue weighted by atomic mass is 16.5. The van der Waals surface area contributed by atoms with Crippen LogP contribution in [0.3, 0.4) is 0 Å². The molecule has 0 radical (unpaired) electrons. The van der Waals surface area contributed by atoms with Crippen LogP contribution in [0.1, 0.15) is 31.0 Å². The van der Waals surface area contributed by atoms with Gasteiger partial charge in [-0.15, -0.1) is 0 Å². The van der Waals surface area contributed by atoms with Gasteiger partial charge in [-0.2, -0.15) is 0 Å². The van der Waals surface area contributed by atoms with Gasteiger partial charge in [-0.05, 0) is 38.8 Å². The van der Waals surface area contributed by atoms with Gasteiger partial charge in [-0.3, -0.25) is 0 Å². The lowest BCUT2D eigenvalue weighted by molar-refractivity contribution is 0.153. The van der Waals surface area contributed by atoms with Crippen molar-refractivity contribution in [3.63, 3.8) is 0 Å². The smallest absolute Gasteiger partial charge is 0.226 e. The van der Waals surface area contributed by atoms with Crippen LogP contribution in [-0.4, -0.2) is 37.2 Å². The van der Waals surface area contributed by atoms with E-state index in [9.17, 15) is 0 Å². The molecule has 6 nitrogen and oxygen atoms in total. The first-order chi connectivity index (χ1) is 13.2. The Morgan fingerprint density at radius 2 is 2.07 bits per heavy atom.